The molecule has 19 heavy (non-hydrogen) atoms. The van der Waals surface area contributed by atoms with Gasteiger partial charge in [-0.2, -0.15) is 11.8 Å². The summed E-state index contributed by atoms with van der Waals surface area (Å²) in [5, 5.41) is 5.27. The van der Waals surface area contributed by atoms with E-state index in [0.717, 1.165) is 11.9 Å². The summed E-state index contributed by atoms with van der Waals surface area (Å²) in [7, 11) is 0. The van der Waals surface area contributed by atoms with Gasteiger partial charge in [0.1, 0.15) is 0 Å². The number of thioether (sulfide) groups is 1. The third kappa shape index (κ3) is 4.37. The molecule has 3 heteroatoms. The Balaban J connectivity index is 1.94. The second kappa shape index (κ2) is 6.82. The Morgan fingerprint density at radius 3 is 2.68 bits per heavy atom. The molecule has 1 aliphatic carbocycles. The van der Waals surface area contributed by atoms with Gasteiger partial charge in [0, 0.05) is 23.1 Å². The minimum atomic E-state index is 0.446. The summed E-state index contributed by atoms with van der Waals surface area (Å²) in [6, 6.07) is 0.714. The van der Waals surface area contributed by atoms with E-state index in [9.17, 15) is 0 Å². The van der Waals surface area contributed by atoms with E-state index in [4.69, 9.17) is 4.74 Å². The van der Waals surface area contributed by atoms with Crippen LogP contribution >= 0.6 is 11.8 Å². The summed E-state index contributed by atoms with van der Waals surface area (Å²) in [6.07, 6.45) is 6.97. The molecule has 0 spiro atoms. The molecule has 0 aromatic carbocycles. The van der Waals surface area contributed by atoms with Crippen molar-refractivity contribution in [2.45, 2.75) is 82.4 Å². The highest BCUT2D eigenvalue weighted by Crippen LogP contribution is 2.43. The van der Waals surface area contributed by atoms with Gasteiger partial charge in [0.25, 0.3) is 0 Å². The van der Waals surface area contributed by atoms with Gasteiger partial charge in [-0.15, -0.1) is 0 Å². The van der Waals surface area contributed by atoms with Gasteiger partial charge in [0.2, 0.25) is 0 Å². The molecule has 0 bridgehead atoms. The maximum atomic E-state index is 5.73. The smallest absolute Gasteiger partial charge is 0.0666 e. The zero-order valence-corrected chi connectivity index (χ0v) is 13.9. The lowest BCUT2D eigenvalue weighted by Crippen LogP contribution is -2.46. The van der Waals surface area contributed by atoms with Crippen molar-refractivity contribution in [1.29, 1.82) is 0 Å². The predicted molar refractivity (Wildman–Crippen MR) is 84.9 cm³/mol. The van der Waals surface area contributed by atoms with Crippen LogP contribution in [0.1, 0.15) is 59.8 Å². The molecule has 0 amide bonds. The van der Waals surface area contributed by atoms with Gasteiger partial charge in [-0.1, -0.05) is 20.8 Å². The lowest BCUT2D eigenvalue weighted by Gasteiger charge is -2.42. The molecule has 1 aliphatic heterocycles. The highest BCUT2D eigenvalue weighted by molar-refractivity contribution is 8.00. The first-order valence-electron chi connectivity index (χ1n) is 8.02. The predicted octanol–water partition coefficient (Wildman–Crippen LogP) is 3.84. The highest BCUT2D eigenvalue weighted by atomic mass is 32.2. The van der Waals surface area contributed by atoms with Crippen LogP contribution in [0.15, 0.2) is 0 Å². The molecule has 2 nitrogen and oxygen atoms in total. The van der Waals surface area contributed by atoms with Crippen LogP contribution in [0.2, 0.25) is 0 Å². The standard InChI is InChI=1S/C16H31NOS/c1-5-9-17-13-6-8-16(3,4)11-15(13)19-14-7-10-18-12(14)2/h12-15,17H,5-11H2,1-4H3. The minimum Gasteiger partial charge on any atom is -0.377 e. The summed E-state index contributed by atoms with van der Waals surface area (Å²) in [4.78, 5) is 0. The minimum absolute atomic E-state index is 0.446. The van der Waals surface area contributed by atoms with Crippen LogP contribution in [-0.2, 0) is 4.74 Å². The molecule has 1 saturated carbocycles. The summed E-state index contributed by atoms with van der Waals surface area (Å²) in [5.74, 6) is 0. The van der Waals surface area contributed by atoms with Crippen molar-refractivity contribution < 1.29 is 4.74 Å². The number of nitrogens with one attached hydrogen (secondary N) is 1. The molecule has 112 valence electrons. The van der Waals surface area contributed by atoms with Crippen molar-refractivity contribution in [3.05, 3.63) is 0 Å². The Labute approximate surface area is 123 Å². The summed E-state index contributed by atoms with van der Waals surface area (Å²) < 4.78 is 5.73. The van der Waals surface area contributed by atoms with Gasteiger partial charge in [-0.05, 0) is 51.0 Å². The number of rotatable bonds is 5. The molecule has 2 rings (SSSR count). The Kier molecular flexibility index (Phi) is 5.62. The average Bonchev–Trinajstić information content (AvgIpc) is 2.73. The molecular formula is C16H31NOS. The van der Waals surface area contributed by atoms with E-state index >= 15 is 0 Å². The van der Waals surface area contributed by atoms with E-state index in [2.05, 4.69) is 44.8 Å². The second-order valence-electron chi connectivity index (χ2n) is 7.05. The molecule has 4 atom stereocenters. The normalized spacial score (nSPS) is 38.5. The van der Waals surface area contributed by atoms with Gasteiger partial charge in [-0.25, -0.2) is 0 Å². The Morgan fingerprint density at radius 2 is 2.05 bits per heavy atom. The van der Waals surface area contributed by atoms with Crippen molar-refractivity contribution in [3.8, 4) is 0 Å². The fraction of sp³-hybridized carbons (Fsp3) is 1.00. The third-order valence-electron chi connectivity index (χ3n) is 4.65. The van der Waals surface area contributed by atoms with E-state index < -0.39 is 0 Å². The first kappa shape index (κ1) is 15.7. The van der Waals surface area contributed by atoms with E-state index in [-0.39, 0.29) is 0 Å². The van der Waals surface area contributed by atoms with Gasteiger partial charge >= 0.3 is 0 Å². The van der Waals surface area contributed by atoms with Gasteiger partial charge in [0.15, 0.2) is 0 Å². The van der Waals surface area contributed by atoms with E-state index in [0.29, 0.717) is 22.8 Å². The molecule has 0 aromatic heterocycles. The van der Waals surface area contributed by atoms with Crippen molar-refractivity contribution >= 4 is 11.8 Å². The monoisotopic (exact) mass is 285 g/mol. The first-order valence-corrected chi connectivity index (χ1v) is 8.96. The maximum absolute atomic E-state index is 5.73. The Morgan fingerprint density at radius 1 is 1.26 bits per heavy atom. The van der Waals surface area contributed by atoms with Gasteiger partial charge in [-0.3, -0.25) is 0 Å². The maximum Gasteiger partial charge on any atom is 0.0666 e. The third-order valence-corrected chi connectivity index (χ3v) is 6.46. The average molecular weight is 285 g/mol. The van der Waals surface area contributed by atoms with Crippen LogP contribution in [0.25, 0.3) is 0 Å². The molecule has 1 N–H and O–H groups in total. The van der Waals surface area contributed by atoms with Crippen LogP contribution in [0.3, 0.4) is 0 Å². The second-order valence-corrected chi connectivity index (χ2v) is 8.53. The molecule has 0 aromatic rings. The van der Waals surface area contributed by atoms with E-state index in [1.54, 1.807) is 0 Å². The van der Waals surface area contributed by atoms with Crippen molar-refractivity contribution in [2.75, 3.05) is 13.2 Å². The van der Waals surface area contributed by atoms with Crippen LogP contribution in [-0.4, -0.2) is 35.8 Å². The lowest BCUT2D eigenvalue weighted by molar-refractivity contribution is 0.127. The van der Waals surface area contributed by atoms with Crippen LogP contribution < -0.4 is 5.32 Å². The molecule has 4 unspecified atom stereocenters. The summed E-state index contributed by atoms with van der Waals surface area (Å²) >= 11 is 2.21. The van der Waals surface area contributed by atoms with Crippen LogP contribution in [0.5, 0.6) is 0 Å². The molecule has 1 heterocycles. The van der Waals surface area contributed by atoms with Crippen molar-refractivity contribution in [2.24, 2.45) is 5.41 Å². The molecule has 2 aliphatic rings. The quantitative estimate of drug-likeness (QED) is 0.829. The van der Waals surface area contributed by atoms with Crippen molar-refractivity contribution in [3.63, 3.8) is 0 Å². The summed E-state index contributed by atoms with van der Waals surface area (Å²) in [6.45, 7) is 11.5. The van der Waals surface area contributed by atoms with Crippen molar-refractivity contribution in [1.82, 2.24) is 5.32 Å². The zero-order chi connectivity index (χ0) is 13.9. The zero-order valence-electron chi connectivity index (χ0n) is 13.1. The van der Waals surface area contributed by atoms with Gasteiger partial charge in [0.05, 0.1) is 6.10 Å². The number of hydrogen-bond donors (Lipinski definition) is 1. The fourth-order valence-corrected chi connectivity index (χ4v) is 5.29. The van der Waals surface area contributed by atoms with Crippen LogP contribution in [0, 0.1) is 5.41 Å². The van der Waals surface area contributed by atoms with E-state index in [1.807, 2.05) is 0 Å². The summed E-state index contributed by atoms with van der Waals surface area (Å²) in [5.41, 5.74) is 0.519. The Hall–Kier alpha value is 0.270. The highest BCUT2D eigenvalue weighted by Gasteiger charge is 2.38. The first-order chi connectivity index (χ1) is 9.02. The molecule has 1 saturated heterocycles. The Bertz CT molecular complexity index is 282. The van der Waals surface area contributed by atoms with Gasteiger partial charge < -0.3 is 10.1 Å². The number of ether oxygens (including phenoxy) is 1. The number of hydrogen-bond acceptors (Lipinski definition) is 3. The fourth-order valence-electron chi connectivity index (χ4n) is 3.34. The lowest BCUT2D eigenvalue weighted by atomic mass is 9.75. The topological polar surface area (TPSA) is 21.3 Å². The van der Waals surface area contributed by atoms with Crippen LogP contribution in [0.4, 0.5) is 0 Å². The molecule has 0 radical (unpaired) electrons. The largest absolute Gasteiger partial charge is 0.377 e. The van der Waals surface area contributed by atoms with E-state index in [1.165, 1.54) is 38.6 Å². The SMILES string of the molecule is CCCNC1CCC(C)(C)CC1SC1CCOC1C. The molecule has 2 fully saturated rings. The molecular weight excluding hydrogens is 254 g/mol.